The Hall–Kier alpha value is -2.50. The van der Waals surface area contributed by atoms with Gasteiger partial charge in [-0.15, -0.1) is 0 Å². The molecule has 0 saturated carbocycles. The number of rotatable bonds is 1. The quantitative estimate of drug-likeness (QED) is 0.693. The fourth-order valence-electron chi connectivity index (χ4n) is 2.20. The zero-order valence-corrected chi connectivity index (χ0v) is 10.5. The maximum atomic E-state index is 13.9. The van der Waals surface area contributed by atoms with Crippen LogP contribution in [0.4, 0.5) is 19.1 Å². The molecule has 20 heavy (non-hydrogen) atoms. The number of nitrogen functional groups attached to an aromatic ring is 1. The topological polar surface area (TPSA) is 43.8 Å². The van der Waals surface area contributed by atoms with Gasteiger partial charge in [0, 0.05) is 0 Å². The zero-order chi connectivity index (χ0) is 14.4. The second kappa shape index (κ2) is 4.26. The first-order valence-electron chi connectivity index (χ1n) is 5.88. The van der Waals surface area contributed by atoms with E-state index < -0.39 is 17.5 Å². The summed E-state index contributed by atoms with van der Waals surface area (Å²) in [5.74, 6) is -4.06. The van der Waals surface area contributed by atoms with E-state index in [1.165, 1.54) is 4.57 Å². The summed E-state index contributed by atoms with van der Waals surface area (Å²) in [4.78, 5) is 4.14. The van der Waals surface area contributed by atoms with Crippen LogP contribution < -0.4 is 5.73 Å². The molecular formula is C14H10F3N3. The Morgan fingerprint density at radius 2 is 1.80 bits per heavy atom. The van der Waals surface area contributed by atoms with Gasteiger partial charge in [-0.1, -0.05) is 12.1 Å². The van der Waals surface area contributed by atoms with E-state index in [0.717, 1.165) is 17.7 Å². The standard InChI is InChI=1S/C14H10F3N3/c1-7-3-2-4-10-13(7)19-14(18)20(10)9-6-5-8(15)11(16)12(9)17/h2-6H,1H3,(H2,18,19). The first-order valence-corrected chi connectivity index (χ1v) is 5.88. The third-order valence-corrected chi connectivity index (χ3v) is 3.17. The van der Waals surface area contributed by atoms with Gasteiger partial charge in [0.2, 0.25) is 5.95 Å². The molecule has 0 atom stereocenters. The average molecular weight is 277 g/mol. The third kappa shape index (κ3) is 1.65. The normalized spacial score (nSPS) is 11.2. The van der Waals surface area contributed by atoms with Crippen LogP contribution in [-0.2, 0) is 0 Å². The molecular weight excluding hydrogens is 267 g/mol. The van der Waals surface area contributed by atoms with E-state index in [2.05, 4.69) is 4.98 Å². The van der Waals surface area contributed by atoms with E-state index in [9.17, 15) is 13.2 Å². The highest BCUT2D eigenvalue weighted by molar-refractivity contribution is 5.83. The van der Waals surface area contributed by atoms with Gasteiger partial charge in [0.1, 0.15) is 0 Å². The number of aromatic nitrogens is 2. The van der Waals surface area contributed by atoms with Crippen LogP contribution in [0.15, 0.2) is 30.3 Å². The third-order valence-electron chi connectivity index (χ3n) is 3.17. The van der Waals surface area contributed by atoms with E-state index in [0.29, 0.717) is 11.0 Å². The number of fused-ring (bicyclic) bond motifs is 1. The van der Waals surface area contributed by atoms with Gasteiger partial charge in [0.25, 0.3) is 0 Å². The van der Waals surface area contributed by atoms with Crippen LogP contribution in [0.2, 0.25) is 0 Å². The molecule has 0 amide bonds. The van der Waals surface area contributed by atoms with E-state index >= 15 is 0 Å². The molecule has 0 aliphatic rings. The molecule has 0 saturated heterocycles. The first kappa shape index (κ1) is 12.5. The molecule has 3 aromatic rings. The Kier molecular flexibility index (Phi) is 2.67. The maximum absolute atomic E-state index is 13.9. The summed E-state index contributed by atoms with van der Waals surface area (Å²) in [6.07, 6.45) is 0. The summed E-state index contributed by atoms with van der Waals surface area (Å²) in [5.41, 5.74) is 7.59. The Bertz CT molecular complexity index is 824. The Morgan fingerprint density at radius 3 is 2.55 bits per heavy atom. The van der Waals surface area contributed by atoms with E-state index in [1.54, 1.807) is 12.1 Å². The Labute approximate surface area is 112 Å². The number of nitrogens with two attached hydrogens (primary N) is 1. The summed E-state index contributed by atoms with van der Waals surface area (Å²) in [6, 6.07) is 7.27. The number of imidazole rings is 1. The lowest BCUT2D eigenvalue weighted by Gasteiger charge is -2.08. The van der Waals surface area contributed by atoms with Crippen LogP contribution in [0, 0.1) is 24.4 Å². The summed E-state index contributed by atoms with van der Waals surface area (Å²) < 4.78 is 41.6. The van der Waals surface area contributed by atoms with Crippen molar-refractivity contribution in [3.05, 3.63) is 53.3 Å². The van der Waals surface area contributed by atoms with Gasteiger partial charge >= 0.3 is 0 Å². The van der Waals surface area contributed by atoms with E-state index in [-0.39, 0.29) is 11.6 Å². The van der Waals surface area contributed by atoms with Gasteiger partial charge in [-0.3, -0.25) is 4.57 Å². The van der Waals surface area contributed by atoms with Crippen LogP contribution in [0.1, 0.15) is 5.56 Å². The van der Waals surface area contributed by atoms with E-state index in [1.807, 2.05) is 13.0 Å². The molecule has 0 spiro atoms. The SMILES string of the molecule is Cc1cccc2c1nc(N)n2-c1ccc(F)c(F)c1F. The minimum absolute atomic E-state index is 0.0132. The molecule has 0 radical (unpaired) electrons. The number of nitrogens with zero attached hydrogens (tertiary/aromatic N) is 2. The largest absolute Gasteiger partial charge is 0.369 e. The van der Waals surface area contributed by atoms with Crippen molar-refractivity contribution in [1.29, 1.82) is 0 Å². The van der Waals surface area contributed by atoms with Crippen molar-refractivity contribution in [1.82, 2.24) is 9.55 Å². The number of hydrogen-bond donors (Lipinski definition) is 1. The first-order chi connectivity index (χ1) is 9.50. The fraction of sp³-hybridized carbons (Fsp3) is 0.0714. The molecule has 2 aromatic carbocycles. The van der Waals surface area contributed by atoms with Gasteiger partial charge < -0.3 is 5.73 Å². The molecule has 102 valence electrons. The smallest absolute Gasteiger partial charge is 0.206 e. The van der Waals surface area contributed by atoms with Crippen LogP contribution in [0.5, 0.6) is 0 Å². The number of anilines is 1. The molecule has 1 heterocycles. The van der Waals surface area contributed by atoms with Crippen molar-refractivity contribution in [2.24, 2.45) is 0 Å². The van der Waals surface area contributed by atoms with E-state index in [4.69, 9.17) is 5.73 Å². The lowest BCUT2D eigenvalue weighted by atomic mass is 10.2. The second-order valence-electron chi connectivity index (χ2n) is 4.44. The summed E-state index contributed by atoms with van der Waals surface area (Å²) >= 11 is 0. The van der Waals surface area contributed by atoms with Gasteiger partial charge in [0.15, 0.2) is 17.5 Å². The van der Waals surface area contributed by atoms with Crippen LogP contribution in [0.3, 0.4) is 0 Å². The summed E-state index contributed by atoms with van der Waals surface area (Å²) in [5, 5.41) is 0. The van der Waals surface area contributed by atoms with Crippen LogP contribution in [0.25, 0.3) is 16.7 Å². The van der Waals surface area contributed by atoms with Crippen molar-refractivity contribution in [2.45, 2.75) is 6.92 Å². The molecule has 0 bridgehead atoms. The van der Waals surface area contributed by atoms with Crippen molar-refractivity contribution in [2.75, 3.05) is 5.73 Å². The van der Waals surface area contributed by atoms with Gasteiger partial charge in [-0.25, -0.2) is 18.2 Å². The molecule has 0 unspecified atom stereocenters. The van der Waals surface area contributed by atoms with Crippen molar-refractivity contribution in [3.8, 4) is 5.69 Å². The summed E-state index contributed by atoms with van der Waals surface area (Å²) in [6.45, 7) is 1.83. The molecule has 3 rings (SSSR count). The molecule has 0 fully saturated rings. The molecule has 0 aliphatic heterocycles. The lowest BCUT2D eigenvalue weighted by Crippen LogP contribution is -2.05. The van der Waals surface area contributed by atoms with Gasteiger partial charge in [0.05, 0.1) is 16.7 Å². The molecule has 3 nitrogen and oxygen atoms in total. The minimum atomic E-state index is -1.53. The van der Waals surface area contributed by atoms with Gasteiger partial charge in [-0.05, 0) is 30.7 Å². The van der Waals surface area contributed by atoms with Crippen LogP contribution in [-0.4, -0.2) is 9.55 Å². The Morgan fingerprint density at radius 1 is 1.05 bits per heavy atom. The zero-order valence-electron chi connectivity index (χ0n) is 10.5. The fourth-order valence-corrected chi connectivity index (χ4v) is 2.20. The van der Waals surface area contributed by atoms with Crippen molar-refractivity contribution in [3.63, 3.8) is 0 Å². The molecule has 0 aliphatic carbocycles. The number of hydrogen-bond acceptors (Lipinski definition) is 2. The number of halogens is 3. The monoisotopic (exact) mass is 277 g/mol. The van der Waals surface area contributed by atoms with Crippen molar-refractivity contribution < 1.29 is 13.2 Å². The Balaban J connectivity index is 2.39. The highest BCUT2D eigenvalue weighted by Gasteiger charge is 2.19. The van der Waals surface area contributed by atoms with Crippen LogP contribution >= 0.6 is 0 Å². The number of aryl methyl sites for hydroxylation is 1. The van der Waals surface area contributed by atoms with Gasteiger partial charge in [-0.2, -0.15) is 0 Å². The molecule has 1 aromatic heterocycles. The predicted octanol–water partition coefficient (Wildman–Crippen LogP) is 3.33. The summed E-state index contributed by atoms with van der Waals surface area (Å²) in [7, 11) is 0. The highest BCUT2D eigenvalue weighted by atomic mass is 19.2. The number of para-hydroxylation sites is 1. The minimum Gasteiger partial charge on any atom is -0.369 e. The average Bonchev–Trinajstić information content (AvgIpc) is 2.75. The lowest BCUT2D eigenvalue weighted by molar-refractivity contribution is 0.445. The van der Waals surface area contributed by atoms with Crippen molar-refractivity contribution >= 4 is 17.0 Å². The highest BCUT2D eigenvalue weighted by Crippen LogP contribution is 2.28. The maximum Gasteiger partial charge on any atom is 0.206 e. The predicted molar refractivity (Wildman–Crippen MR) is 70.1 cm³/mol. The molecule has 2 N–H and O–H groups in total. The second-order valence-corrected chi connectivity index (χ2v) is 4.44. The number of benzene rings is 2. The molecule has 6 heteroatoms.